The summed E-state index contributed by atoms with van der Waals surface area (Å²) in [4.78, 5) is 14.8. The largest absolute Gasteiger partial charge is 0.240 e. The molecule has 0 aromatic carbocycles. The molecule has 0 aliphatic rings. The number of aromatic nitrogens is 2. The molecule has 0 spiro atoms. The van der Waals surface area contributed by atoms with Crippen molar-refractivity contribution < 1.29 is 0 Å². The molecule has 0 radical (unpaired) electrons. The fraction of sp³-hybridized carbons (Fsp3) is 0.100. The lowest BCUT2D eigenvalue weighted by Gasteiger charge is -1.94. The van der Waals surface area contributed by atoms with Crippen LogP contribution in [0.15, 0.2) is 57.9 Å². The van der Waals surface area contributed by atoms with E-state index in [-0.39, 0.29) is 0 Å². The summed E-state index contributed by atoms with van der Waals surface area (Å²) >= 11 is 8.86. The molecule has 5 rings (SSSR count). The Kier molecular flexibility index (Phi) is 5.02. The van der Waals surface area contributed by atoms with Crippen LogP contribution < -0.4 is 0 Å². The molecule has 5 aromatic heterocycles. The second-order valence-corrected chi connectivity index (χ2v) is 11.0. The number of hydrogen-bond donors (Lipinski definition) is 0. The summed E-state index contributed by atoms with van der Waals surface area (Å²) in [6.45, 7) is 0. The molecule has 0 amide bonds. The van der Waals surface area contributed by atoms with Crippen LogP contribution in [0.1, 0.15) is 19.8 Å². The van der Waals surface area contributed by atoms with Crippen LogP contribution in [0, 0.1) is 0 Å². The van der Waals surface area contributed by atoms with Crippen molar-refractivity contribution in [3.05, 3.63) is 77.7 Å². The summed E-state index contributed by atoms with van der Waals surface area (Å²) in [5.41, 5.74) is 2.20. The third kappa shape index (κ3) is 3.97. The first-order chi connectivity index (χ1) is 13.3. The van der Waals surface area contributed by atoms with Gasteiger partial charge in [-0.25, -0.2) is 9.97 Å². The van der Waals surface area contributed by atoms with Gasteiger partial charge >= 0.3 is 0 Å². The molecule has 7 heteroatoms. The normalized spacial score (nSPS) is 11.3. The van der Waals surface area contributed by atoms with Crippen molar-refractivity contribution in [2.45, 2.75) is 12.8 Å². The van der Waals surface area contributed by atoms with Crippen LogP contribution in [0.4, 0.5) is 0 Å². The minimum atomic E-state index is 0.916. The Morgan fingerprint density at radius 1 is 0.630 bits per heavy atom. The number of hydrogen-bond acceptors (Lipinski definition) is 7. The van der Waals surface area contributed by atoms with E-state index in [2.05, 4.69) is 57.9 Å². The molecule has 2 nitrogen and oxygen atoms in total. The van der Waals surface area contributed by atoms with Crippen molar-refractivity contribution in [3.8, 4) is 21.1 Å². The Hall–Kier alpha value is -1.64. The van der Waals surface area contributed by atoms with Crippen molar-refractivity contribution in [1.29, 1.82) is 0 Å². The highest BCUT2D eigenvalue weighted by Gasteiger charge is 2.10. The van der Waals surface area contributed by atoms with Crippen LogP contribution in [0.25, 0.3) is 21.1 Å². The summed E-state index contributed by atoms with van der Waals surface area (Å²) in [6, 6.07) is 12.9. The molecule has 27 heavy (non-hydrogen) atoms. The van der Waals surface area contributed by atoms with Gasteiger partial charge in [0.15, 0.2) is 0 Å². The highest BCUT2D eigenvalue weighted by molar-refractivity contribution is 7.15. The third-order valence-electron chi connectivity index (χ3n) is 4.02. The van der Waals surface area contributed by atoms with Gasteiger partial charge in [-0.2, -0.15) is 0 Å². The van der Waals surface area contributed by atoms with Gasteiger partial charge in [-0.1, -0.05) is 12.1 Å². The second kappa shape index (κ2) is 7.77. The van der Waals surface area contributed by atoms with E-state index in [9.17, 15) is 0 Å². The van der Waals surface area contributed by atoms with E-state index in [1.807, 2.05) is 11.3 Å². The fourth-order valence-corrected chi connectivity index (χ4v) is 7.14. The first kappa shape index (κ1) is 17.5. The molecule has 0 bridgehead atoms. The molecule has 5 heterocycles. The maximum atomic E-state index is 4.80. The van der Waals surface area contributed by atoms with Gasteiger partial charge in [0.05, 0.1) is 31.2 Å². The molecule has 5 aromatic rings. The zero-order valence-corrected chi connectivity index (χ0v) is 18.2. The van der Waals surface area contributed by atoms with Gasteiger partial charge in [0.1, 0.15) is 0 Å². The number of nitrogens with zero attached hydrogens (tertiary/aromatic N) is 2. The molecule has 0 aliphatic heterocycles. The van der Waals surface area contributed by atoms with Crippen LogP contribution in [0.5, 0.6) is 0 Å². The molecule has 0 saturated carbocycles. The van der Waals surface area contributed by atoms with E-state index >= 15 is 0 Å². The van der Waals surface area contributed by atoms with Crippen LogP contribution in [-0.2, 0) is 12.8 Å². The first-order valence-electron chi connectivity index (χ1n) is 8.37. The van der Waals surface area contributed by atoms with Crippen molar-refractivity contribution in [1.82, 2.24) is 9.97 Å². The standard InChI is InChI=1S/C20H14N2S5/c1-3-17(23-7-1)15-11-25-19(21-15)9-13-5-6-14(27-13)10-20-22-16(12-26-20)18-4-2-8-24-18/h1-8,11-12H,9-10H2. The molecule has 134 valence electrons. The zero-order valence-electron chi connectivity index (χ0n) is 14.1. The van der Waals surface area contributed by atoms with Gasteiger partial charge in [0.25, 0.3) is 0 Å². The predicted molar refractivity (Wildman–Crippen MR) is 121 cm³/mol. The van der Waals surface area contributed by atoms with E-state index in [0.29, 0.717) is 0 Å². The van der Waals surface area contributed by atoms with Crippen molar-refractivity contribution in [2.75, 3.05) is 0 Å². The molecule has 0 saturated heterocycles. The van der Waals surface area contributed by atoms with Gasteiger partial charge in [-0.05, 0) is 35.0 Å². The maximum absolute atomic E-state index is 4.80. The molecule has 0 N–H and O–H groups in total. The van der Waals surface area contributed by atoms with Crippen LogP contribution in [0.2, 0.25) is 0 Å². The lowest BCUT2D eigenvalue weighted by atomic mass is 10.3. The van der Waals surface area contributed by atoms with E-state index in [0.717, 1.165) is 24.2 Å². The summed E-state index contributed by atoms with van der Waals surface area (Å²) in [5.74, 6) is 0. The summed E-state index contributed by atoms with van der Waals surface area (Å²) < 4.78 is 0. The van der Waals surface area contributed by atoms with Gasteiger partial charge in [-0.3, -0.25) is 0 Å². The van der Waals surface area contributed by atoms with E-state index in [1.165, 1.54) is 29.5 Å². The molecular weight excluding hydrogens is 429 g/mol. The SMILES string of the molecule is c1csc(-c2csc(Cc3ccc(Cc4nc(-c5cccs5)cs4)s3)n2)c1. The maximum Gasteiger partial charge on any atom is 0.0985 e. The number of thiazole rings is 2. The Balaban J connectivity index is 1.26. The third-order valence-corrected chi connectivity index (χ3v) is 8.59. The monoisotopic (exact) mass is 442 g/mol. The minimum Gasteiger partial charge on any atom is -0.240 e. The van der Waals surface area contributed by atoms with Crippen molar-refractivity contribution in [3.63, 3.8) is 0 Å². The van der Waals surface area contributed by atoms with E-state index < -0.39 is 0 Å². The minimum absolute atomic E-state index is 0.916. The Bertz CT molecular complexity index is 1040. The Labute approximate surface area is 177 Å². The topological polar surface area (TPSA) is 25.8 Å². The molecule has 0 atom stereocenters. The van der Waals surface area contributed by atoms with Crippen LogP contribution >= 0.6 is 56.7 Å². The van der Waals surface area contributed by atoms with Crippen LogP contribution in [-0.4, -0.2) is 9.97 Å². The summed E-state index contributed by atoms with van der Waals surface area (Å²) in [6.07, 6.45) is 1.83. The lowest BCUT2D eigenvalue weighted by Crippen LogP contribution is -1.84. The molecule has 0 aliphatic carbocycles. The summed E-state index contributed by atoms with van der Waals surface area (Å²) in [5, 5.41) is 10.9. The average Bonchev–Trinajstić information content (AvgIpc) is 3.47. The molecule has 0 unspecified atom stereocenters. The fourth-order valence-electron chi connectivity index (χ4n) is 2.77. The van der Waals surface area contributed by atoms with Crippen molar-refractivity contribution in [2.24, 2.45) is 0 Å². The average molecular weight is 443 g/mol. The van der Waals surface area contributed by atoms with E-state index in [4.69, 9.17) is 9.97 Å². The smallest absolute Gasteiger partial charge is 0.0985 e. The van der Waals surface area contributed by atoms with Crippen molar-refractivity contribution >= 4 is 56.7 Å². The van der Waals surface area contributed by atoms with Crippen LogP contribution in [0.3, 0.4) is 0 Å². The van der Waals surface area contributed by atoms with E-state index in [1.54, 1.807) is 45.3 Å². The summed E-state index contributed by atoms with van der Waals surface area (Å²) in [7, 11) is 0. The van der Waals surface area contributed by atoms with Gasteiger partial charge < -0.3 is 0 Å². The predicted octanol–water partition coefficient (Wildman–Crippen LogP) is 7.30. The quantitative estimate of drug-likeness (QED) is 0.276. The lowest BCUT2D eigenvalue weighted by molar-refractivity contribution is 1.17. The molecule has 0 fully saturated rings. The highest BCUT2D eigenvalue weighted by atomic mass is 32.1. The first-order valence-corrected chi connectivity index (χ1v) is 12.7. The zero-order chi connectivity index (χ0) is 18.1. The Morgan fingerprint density at radius 2 is 1.15 bits per heavy atom. The molecular formula is C20H14N2S5. The Morgan fingerprint density at radius 3 is 1.59 bits per heavy atom. The van der Waals surface area contributed by atoms with Gasteiger partial charge in [-0.15, -0.1) is 56.7 Å². The number of thiophene rings is 3. The van der Waals surface area contributed by atoms with Gasteiger partial charge in [0, 0.05) is 33.4 Å². The van der Waals surface area contributed by atoms with Gasteiger partial charge in [0.2, 0.25) is 0 Å². The number of rotatable bonds is 6. The second-order valence-electron chi connectivity index (χ2n) is 5.93. The highest BCUT2D eigenvalue weighted by Crippen LogP contribution is 2.30.